The lowest BCUT2D eigenvalue weighted by Crippen LogP contribution is -2.50. The minimum atomic E-state index is -0.801. The third kappa shape index (κ3) is 4.58. The Bertz CT molecular complexity index is 443. The van der Waals surface area contributed by atoms with E-state index in [1.54, 1.807) is 11.0 Å². The van der Waals surface area contributed by atoms with Gasteiger partial charge in [0, 0.05) is 20.0 Å². The summed E-state index contributed by atoms with van der Waals surface area (Å²) in [4.78, 5) is 36.7. The highest BCUT2D eigenvalue weighted by molar-refractivity contribution is 5.98. The second kappa shape index (κ2) is 6.28. The number of carbonyl (C=O) groups is 3. The molecular weight excluding hydrogens is 272 g/mol. The molecule has 21 heavy (non-hydrogen) atoms. The van der Waals surface area contributed by atoms with Crippen LogP contribution in [0.15, 0.2) is 12.7 Å². The summed E-state index contributed by atoms with van der Waals surface area (Å²) < 4.78 is 5.31. The molecule has 1 N–H and O–H groups in total. The first kappa shape index (κ1) is 17.2. The van der Waals surface area contributed by atoms with Crippen LogP contribution in [0.25, 0.3) is 0 Å². The summed E-state index contributed by atoms with van der Waals surface area (Å²) in [7, 11) is 0. The van der Waals surface area contributed by atoms with Gasteiger partial charge in [0.05, 0.1) is 5.41 Å². The number of ether oxygens (including phenoxy) is 1. The average Bonchev–Trinajstić information content (AvgIpc) is 2.36. The number of carbonyl (C=O) groups excluding carboxylic acids is 3. The molecule has 0 unspecified atom stereocenters. The van der Waals surface area contributed by atoms with E-state index in [1.165, 1.54) is 6.92 Å². The Kier molecular flexibility index (Phi) is 5.15. The van der Waals surface area contributed by atoms with Crippen LogP contribution in [-0.4, -0.2) is 41.5 Å². The maximum atomic E-state index is 12.1. The van der Waals surface area contributed by atoms with E-state index in [-0.39, 0.29) is 12.0 Å². The Morgan fingerprint density at radius 2 is 1.76 bits per heavy atom. The van der Waals surface area contributed by atoms with Crippen LogP contribution < -0.4 is 5.32 Å². The zero-order chi connectivity index (χ0) is 16.3. The third-order valence-electron chi connectivity index (χ3n) is 3.44. The van der Waals surface area contributed by atoms with Gasteiger partial charge in [0.25, 0.3) is 0 Å². The molecule has 6 heteroatoms. The normalized spacial score (nSPS) is 17.8. The van der Waals surface area contributed by atoms with E-state index in [4.69, 9.17) is 4.74 Å². The lowest BCUT2D eigenvalue weighted by molar-refractivity contribution is -0.136. The van der Waals surface area contributed by atoms with E-state index in [0.29, 0.717) is 25.9 Å². The lowest BCUT2D eigenvalue weighted by atomic mass is 9.77. The first-order valence-electron chi connectivity index (χ1n) is 7.03. The highest BCUT2D eigenvalue weighted by atomic mass is 16.6. The number of hydrogen-bond acceptors (Lipinski definition) is 4. The molecule has 118 valence electrons. The first-order chi connectivity index (χ1) is 9.59. The van der Waals surface area contributed by atoms with Crippen molar-refractivity contribution in [3.63, 3.8) is 0 Å². The van der Waals surface area contributed by atoms with Gasteiger partial charge in [0.2, 0.25) is 11.8 Å². The van der Waals surface area contributed by atoms with Gasteiger partial charge in [-0.05, 0) is 33.6 Å². The molecule has 1 aliphatic heterocycles. The molecule has 0 aromatic heterocycles. The van der Waals surface area contributed by atoms with Crippen LogP contribution in [0, 0.1) is 5.41 Å². The fourth-order valence-electron chi connectivity index (χ4n) is 2.22. The summed E-state index contributed by atoms with van der Waals surface area (Å²) in [6.07, 6.45) is 2.04. The maximum absolute atomic E-state index is 12.1. The third-order valence-corrected chi connectivity index (χ3v) is 3.44. The van der Waals surface area contributed by atoms with Gasteiger partial charge >= 0.3 is 6.09 Å². The quantitative estimate of drug-likeness (QED) is 0.789. The monoisotopic (exact) mass is 296 g/mol. The highest BCUT2D eigenvalue weighted by Crippen LogP contribution is 2.33. The van der Waals surface area contributed by atoms with Crippen LogP contribution in [0.3, 0.4) is 0 Å². The largest absolute Gasteiger partial charge is 0.444 e. The van der Waals surface area contributed by atoms with Crippen molar-refractivity contribution in [2.45, 2.75) is 46.1 Å². The average molecular weight is 296 g/mol. The topological polar surface area (TPSA) is 75.7 Å². The molecule has 1 heterocycles. The van der Waals surface area contributed by atoms with E-state index >= 15 is 0 Å². The highest BCUT2D eigenvalue weighted by Gasteiger charge is 2.40. The van der Waals surface area contributed by atoms with Crippen LogP contribution >= 0.6 is 0 Å². The second-order valence-electron chi connectivity index (χ2n) is 6.34. The molecule has 0 bridgehead atoms. The van der Waals surface area contributed by atoms with Gasteiger partial charge in [0.15, 0.2) is 0 Å². The van der Waals surface area contributed by atoms with E-state index in [9.17, 15) is 14.4 Å². The number of nitrogens with one attached hydrogen (secondary N) is 1. The zero-order valence-electron chi connectivity index (χ0n) is 13.2. The van der Waals surface area contributed by atoms with E-state index in [2.05, 4.69) is 11.9 Å². The van der Waals surface area contributed by atoms with Crippen LogP contribution in [0.5, 0.6) is 0 Å². The van der Waals surface area contributed by atoms with Gasteiger partial charge in [0.1, 0.15) is 5.60 Å². The van der Waals surface area contributed by atoms with Crippen molar-refractivity contribution in [3.8, 4) is 0 Å². The standard InChI is InChI=1S/C15H24N2O4/c1-6-15(12(19)16-11(2)18)7-9-17(10-8-15)13(20)21-14(3,4)5/h6H,1,7-10H2,2-5H3,(H,16,18,19). The summed E-state index contributed by atoms with van der Waals surface area (Å²) in [5, 5.41) is 2.30. The van der Waals surface area contributed by atoms with Crippen LogP contribution in [0.1, 0.15) is 40.5 Å². The minimum Gasteiger partial charge on any atom is -0.444 e. The molecule has 0 aromatic rings. The number of amides is 3. The molecule has 3 amide bonds. The molecule has 1 fully saturated rings. The van der Waals surface area contributed by atoms with Crippen LogP contribution in [0.4, 0.5) is 4.79 Å². The number of imide groups is 1. The molecule has 0 spiro atoms. The summed E-state index contributed by atoms with van der Waals surface area (Å²) >= 11 is 0. The predicted molar refractivity (Wildman–Crippen MR) is 78.5 cm³/mol. The van der Waals surface area contributed by atoms with E-state index < -0.39 is 16.9 Å². The Balaban J connectivity index is 2.68. The fraction of sp³-hybridized carbons (Fsp3) is 0.667. The van der Waals surface area contributed by atoms with Gasteiger partial charge in [-0.1, -0.05) is 6.08 Å². The number of piperidine rings is 1. The zero-order valence-corrected chi connectivity index (χ0v) is 13.2. The molecule has 1 aliphatic rings. The van der Waals surface area contributed by atoms with Crippen LogP contribution in [0.2, 0.25) is 0 Å². The van der Waals surface area contributed by atoms with E-state index in [0.717, 1.165) is 0 Å². The Labute approximate surface area is 125 Å². The minimum absolute atomic E-state index is 0.353. The molecule has 0 radical (unpaired) electrons. The predicted octanol–water partition coefficient (Wildman–Crippen LogP) is 1.85. The summed E-state index contributed by atoms with van der Waals surface area (Å²) in [5.74, 6) is -0.746. The van der Waals surface area contributed by atoms with Crippen molar-refractivity contribution in [3.05, 3.63) is 12.7 Å². The van der Waals surface area contributed by atoms with Gasteiger partial charge in [-0.2, -0.15) is 0 Å². The van der Waals surface area contributed by atoms with Gasteiger partial charge in [-0.3, -0.25) is 14.9 Å². The number of nitrogens with zero attached hydrogens (tertiary/aromatic N) is 1. The number of likely N-dealkylation sites (tertiary alicyclic amines) is 1. The van der Waals surface area contributed by atoms with Crippen LogP contribution in [-0.2, 0) is 14.3 Å². The molecule has 0 aliphatic carbocycles. The Hall–Kier alpha value is -1.85. The Morgan fingerprint density at radius 1 is 1.24 bits per heavy atom. The van der Waals surface area contributed by atoms with Gasteiger partial charge < -0.3 is 9.64 Å². The molecule has 0 aromatic carbocycles. The fourth-order valence-corrected chi connectivity index (χ4v) is 2.22. The van der Waals surface area contributed by atoms with Crippen molar-refractivity contribution >= 4 is 17.9 Å². The summed E-state index contributed by atoms with van der Waals surface area (Å²) in [6, 6.07) is 0. The molecular formula is C15H24N2O4. The summed E-state index contributed by atoms with van der Waals surface area (Å²) in [5.41, 5.74) is -1.35. The first-order valence-corrected chi connectivity index (χ1v) is 7.03. The van der Waals surface area contributed by atoms with Crippen molar-refractivity contribution in [1.82, 2.24) is 10.2 Å². The van der Waals surface area contributed by atoms with Gasteiger partial charge in [-0.25, -0.2) is 4.79 Å². The smallest absolute Gasteiger partial charge is 0.410 e. The van der Waals surface area contributed by atoms with E-state index in [1.807, 2.05) is 20.8 Å². The molecule has 6 nitrogen and oxygen atoms in total. The van der Waals surface area contributed by atoms with Gasteiger partial charge in [-0.15, -0.1) is 6.58 Å². The lowest BCUT2D eigenvalue weighted by Gasteiger charge is -2.38. The molecule has 0 saturated carbocycles. The van der Waals surface area contributed by atoms with Crippen molar-refractivity contribution in [1.29, 1.82) is 0 Å². The van der Waals surface area contributed by atoms with Crippen molar-refractivity contribution in [2.24, 2.45) is 5.41 Å². The molecule has 0 atom stereocenters. The molecule has 1 rings (SSSR count). The summed E-state index contributed by atoms with van der Waals surface area (Å²) in [6.45, 7) is 11.2. The van der Waals surface area contributed by atoms with Crippen molar-refractivity contribution < 1.29 is 19.1 Å². The molecule has 1 saturated heterocycles. The number of hydrogen-bond donors (Lipinski definition) is 1. The Morgan fingerprint density at radius 3 is 2.14 bits per heavy atom. The second-order valence-corrected chi connectivity index (χ2v) is 6.34. The van der Waals surface area contributed by atoms with Crippen molar-refractivity contribution in [2.75, 3.05) is 13.1 Å². The maximum Gasteiger partial charge on any atom is 0.410 e. The SMILES string of the molecule is C=CC1(C(=O)NC(C)=O)CCN(C(=O)OC(C)(C)C)CC1. The number of rotatable bonds is 2.